The number of aryl methyl sites for hydroxylation is 1. The topological polar surface area (TPSA) is 93.5 Å². The quantitative estimate of drug-likeness (QED) is 0.846. The third kappa shape index (κ3) is 4.01. The number of nitrogens with zero attached hydrogens (tertiary/aromatic N) is 2. The molecule has 0 spiro atoms. The molecule has 118 valence electrons. The van der Waals surface area contributed by atoms with Gasteiger partial charge in [-0.05, 0) is 13.0 Å². The first kappa shape index (κ1) is 15.9. The first-order chi connectivity index (χ1) is 10.3. The van der Waals surface area contributed by atoms with Crippen molar-refractivity contribution in [3.63, 3.8) is 0 Å². The summed E-state index contributed by atoms with van der Waals surface area (Å²) >= 11 is 1.00. The summed E-state index contributed by atoms with van der Waals surface area (Å²) in [5.74, 6) is -1.84. The van der Waals surface area contributed by atoms with Crippen molar-refractivity contribution >= 4 is 29.0 Å². The van der Waals surface area contributed by atoms with E-state index in [0.717, 1.165) is 16.0 Å². The third-order valence-electron chi connectivity index (χ3n) is 2.42. The molecule has 0 aromatic carbocycles. The second-order valence-corrected chi connectivity index (χ2v) is 5.43. The number of anilines is 1. The van der Waals surface area contributed by atoms with Gasteiger partial charge < -0.3 is 15.2 Å². The van der Waals surface area contributed by atoms with Gasteiger partial charge in [0.15, 0.2) is 5.82 Å². The molecule has 0 atom stereocenters. The minimum Gasteiger partial charge on any atom is -0.480 e. The van der Waals surface area contributed by atoms with Crippen molar-refractivity contribution in [2.45, 2.75) is 20.1 Å². The lowest BCUT2D eigenvalue weighted by Crippen LogP contribution is -2.14. The number of carbonyl (C=O) groups is 2. The minimum absolute atomic E-state index is 0.00872. The number of aromatic nitrogens is 2. The lowest BCUT2D eigenvalue weighted by atomic mass is 10.3. The fourth-order valence-corrected chi connectivity index (χ4v) is 2.50. The zero-order chi connectivity index (χ0) is 16.3. The first-order valence-electron chi connectivity index (χ1n) is 5.97. The fourth-order valence-electron chi connectivity index (χ4n) is 1.66. The van der Waals surface area contributed by atoms with Gasteiger partial charge in [-0.1, -0.05) is 0 Å². The Morgan fingerprint density at radius 2 is 2.27 bits per heavy atom. The first-order valence-corrected chi connectivity index (χ1v) is 6.78. The van der Waals surface area contributed by atoms with Crippen molar-refractivity contribution in [2.24, 2.45) is 0 Å². The number of carboxylic acid groups (broad SMARTS) is 1. The molecular weight excluding hydrogens is 320 g/mol. The van der Waals surface area contributed by atoms with Crippen LogP contribution in [0, 0.1) is 6.92 Å². The Bertz CT molecular complexity index is 698. The molecule has 0 saturated heterocycles. The number of thiophene rings is 1. The molecule has 0 aliphatic rings. The number of hydrogen-bond acceptors (Lipinski definition) is 5. The molecule has 2 rings (SSSR count). The van der Waals surface area contributed by atoms with Gasteiger partial charge in [0.05, 0.1) is 0 Å². The number of rotatable bonds is 6. The van der Waals surface area contributed by atoms with Gasteiger partial charge in [0.1, 0.15) is 17.2 Å². The van der Waals surface area contributed by atoms with Gasteiger partial charge in [-0.25, -0.2) is 0 Å². The highest BCUT2D eigenvalue weighted by Gasteiger charge is 2.20. The van der Waals surface area contributed by atoms with Crippen LogP contribution in [0.3, 0.4) is 0 Å². The molecule has 0 saturated carbocycles. The van der Waals surface area contributed by atoms with Crippen LogP contribution in [0.5, 0.6) is 5.75 Å². The van der Waals surface area contributed by atoms with Crippen LogP contribution in [0.25, 0.3) is 0 Å². The average Bonchev–Trinajstić information content (AvgIpc) is 2.95. The maximum absolute atomic E-state index is 12.3. The lowest BCUT2D eigenvalue weighted by molar-refractivity contribution is -0.137. The van der Waals surface area contributed by atoms with E-state index in [1.54, 1.807) is 6.92 Å². The number of alkyl halides is 2. The molecule has 2 N–H and O–H groups in total. The van der Waals surface area contributed by atoms with Gasteiger partial charge in [-0.2, -0.15) is 13.9 Å². The number of nitrogens with one attached hydrogen (secondary N) is 1. The number of hydrogen-bond donors (Lipinski definition) is 2. The van der Waals surface area contributed by atoms with Crippen molar-refractivity contribution in [2.75, 3.05) is 5.32 Å². The summed E-state index contributed by atoms with van der Waals surface area (Å²) in [4.78, 5) is 23.2. The monoisotopic (exact) mass is 331 g/mol. The Morgan fingerprint density at radius 3 is 2.91 bits per heavy atom. The zero-order valence-corrected chi connectivity index (χ0v) is 12.1. The third-order valence-corrected chi connectivity index (χ3v) is 3.45. The van der Waals surface area contributed by atoms with E-state index in [1.165, 1.54) is 18.3 Å². The molecule has 2 aromatic heterocycles. The Labute approximate surface area is 127 Å². The summed E-state index contributed by atoms with van der Waals surface area (Å²) in [6, 6.07) is 2.74. The zero-order valence-electron chi connectivity index (χ0n) is 11.2. The maximum atomic E-state index is 12.3. The summed E-state index contributed by atoms with van der Waals surface area (Å²) in [5, 5.41) is 14.9. The van der Waals surface area contributed by atoms with Crippen LogP contribution in [0.1, 0.15) is 14.5 Å². The normalized spacial score (nSPS) is 10.7. The molecule has 0 aliphatic heterocycles. The molecule has 0 aliphatic carbocycles. The van der Waals surface area contributed by atoms with Crippen molar-refractivity contribution in [1.29, 1.82) is 0 Å². The Balaban J connectivity index is 2.12. The molecule has 22 heavy (non-hydrogen) atoms. The SMILES string of the molecule is Cc1cc(OC(F)F)c(C(=O)Nc2ccn(CC(=O)O)n2)s1. The molecule has 2 aromatic rings. The Morgan fingerprint density at radius 1 is 1.55 bits per heavy atom. The molecule has 0 fully saturated rings. The van der Waals surface area contributed by atoms with Crippen molar-refractivity contribution in [3.8, 4) is 5.75 Å². The van der Waals surface area contributed by atoms with Gasteiger partial charge in [-0.15, -0.1) is 11.3 Å². The number of amides is 1. The second kappa shape index (κ2) is 6.52. The van der Waals surface area contributed by atoms with Crippen LogP contribution in [-0.4, -0.2) is 33.4 Å². The molecule has 0 radical (unpaired) electrons. The number of halogens is 2. The molecule has 0 bridgehead atoms. The molecule has 2 heterocycles. The summed E-state index contributed by atoms with van der Waals surface area (Å²) < 4.78 is 30.0. The van der Waals surface area contributed by atoms with E-state index in [-0.39, 0.29) is 23.0 Å². The molecule has 10 heteroatoms. The summed E-state index contributed by atoms with van der Waals surface area (Å²) in [7, 11) is 0. The van der Waals surface area contributed by atoms with Crippen LogP contribution in [0.15, 0.2) is 18.3 Å². The number of aliphatic carboxylic acids is 1. The van der Waals surface area contributed by atoms with Crippen molar-refractivity contribution in [3.05, 3.63) is 28.1 Å². The Hall–Kier alpha value is -2.49. The van der Waals surface area contributed by atoms with Crippen molar-refractivity contribution in [1.82, 2.24) is 9.78 Å². The predicted molar refractivity (Wildman–Crippen MR) is 73.5 cm³/mol. The van der Waals surface area contributed by atoms with E-state index in [4.69, 9.17) is 5.11 Å². The number of carbonyl (C=O) groups excluding carboxylic acids is 1. The Kier molecular flexibility index (Phi) is 4.71. The van der Waals surface area contributed by atoms with Crippen LogP contribution < -0.4 is 10.1 Å². The minimum atomic E-state index is -3.03. The highest BCUT2D eigenvalue weighted by molar-refractivity contribution is 7.14. The van der Waals surface area contributed by atoms with Crippen LogP contribution >= 0.6 is 11.3 Å². The molecule has 1 amide bonds. The van der Waals surface area contributed by atoms with Gasteiger partial charge >= 0.3 is 12.6 Å². The molecular formula is C12H11F2N3O4S. The highest BCUT2D eigenvalue weighted by atomic mass is 32.1. The van der Waals surface area contributed by atoms with E-state index in [9.17, 15) is 18.4 Å². The average molecular weight is 331 g/mol. The van der Waals surface area contributed by atoms with Crippen LogP contribution in [0.2, 0.25) is 0 Å². The van der Waals surface area contributed by atoms with E-state index >= 15 is 0 Å². The van der Waals surface area contributed by atoms with Gasteiger partial charge in [0, 0.05) is 17.1 Å². The maximum Gasteiger partial charge on any atom is 0.387 e. The lowest BCUT2D eigenvalue weighted by Gasteiger charge is -2.05. The van der Waals surface area contributed by atoms with Crippen molar-refractivity contribution < 1.29 is 28.2 Å². The van der Waals surface area contributed by atoms with Crippen LogP contribution in [0.4, 0.5) is 14.6 Å². The fraction of sp³-hybridized carbons (Fsp3) is 0.250. The van der Waals surface area contributed by atoms with E-state index in [1.807, 2.05) is 0 Å². The molecule has 7 nitrogen and oxygen atoms in total. The standard InChI is InChI=1S/C12H11F2N3O4S/c1-6-4-7(21-12(13)14)10(22-6)11(20)15-8-2-3-17(16-8)5-9(18)19/h2-4,12H,5H2,1H3,(H,18,19)(H,15,16,20). The van der Waals surface area contributed by atoms with Crippen LogP contribution in [-0.2, 0) is 11.3 Å². The van der Waals surface area contributed by atoms with E-state index in [2.05, 4.69) is 15.2 Å². The summed E-state index contributed by atoms with van der Waals surface area (Å²) in [6.45, 7) is -1.73. The molecule has 0 unspecified atom stereocenters. The second-order valence-electron chi connectivity index (χ2n) is 4.18. The number of ether oxygens (including phenoxy) is 1. The van der Waals surface area contributed by atoms with Gasteiger partial charge in [0.25, 0.3) is 5.91 Å². The van der Waals surface area contributed by atoms with Gasteiger partial charge in [0.2, 0.25) is 0 Å². The van der Waals surface area contributed by atoms with Gasteiger partial charge in [-0.3, -0.25) is 14.3 Å². The van der Waals surface area contributed by atoms with E-state index < -0.39 is 18.5 Å². The van der Waals surface area contributed by atoms with E-state index in [0.29, 0.717) is 4.88 Å². The predicted octanol–water partition coefficient (Wildman–Crippen LogP) is 2.19. The highest BCUT2D eigenvalue weighted by Crippen LogP contribution is 2.30. The smallest absolute Gasteiger partial charge is 0.387 e. The number of carboxylic acids is 1. The largest absolute Gasteiger partial charge is 0.480 e. The summed E-state index contributed by atoms with van der Waals surface area (Å²) in [6.07, 6.45) is 1.37. The summed E-state index contributed by atoms with van der Waals surface area (Å²) in [5.41, 5.74) is 0.